The number of nitrogens with zero attached hydrogens (tertiary/aromatic N) is 1. The molecule has 8 nitrogen and oxygen atoms in total. The SMILES string of the molecule is CC(C)C(C(=N)C(CC(C)(C)C)C(=O)NC(C)(C)CS(=O)(=O)O)N1CCCC1=O. The Labute approximate surface area is 175 Å². The van der Waals surface area contributed by atoms with Crippen LogP contribution in [0.4, 0.5) is 0 Å². The second-order valence-corrected chi connectivity index (χ2v) is 11.7. The van der Waals surface area contributed by atoms with Crippen molar-refractivity contribution in [2.75, 3.05) is 12.3 Å². The van der Waals surface area contributed by atoms with Crippen molar-refractivity contribution in [1.29, 1.82) is 5.41 Å². The second kappa shape index (κ2) is 9.12. The lowest BCUT2D eigenvalue weighted by atomic mass is 9.78. The van der Waals surface area contributed by atoms with E-state index in [2.05, 4.69) is 5.32 Å². The zero-order chi connectivity index (χ0) is 22.8. The third-order valence-electron chi connectivity index (χ3n) is 4.91. The molecular formula is C20H37N3O5S. The lowest BCUT2D eigenvalue weighted by Gasteiger charge is -2.37. The van der Waals surface area contributed by atoms with Crippen molar-refractivity contribution in [3.63, 3.8) is 0 Å². The maximum atomic E-state index is 13.2. The van der Waals surface area contributed by atoms with Crippen LogP contribution in [0.15, 0.2) is 0 Å². The molecule has 1 rings (SSSR count). The summed E-state index contributed by atoms with van der Waals surface area (Å²) >= 11 is 0. The first-order valence-electron chi connectivity index (χ1n) is 10.1. The molecule has 0 aromatic rings. The van der Waals surface area contributed by atoms with Crippen molar-refractivity contribution < 1.29 is 22.6 Å². The Balaban J connectivity index is 3.20. The average molecular weight is 432 g/mol. The van der Waals surface area contributed by atoms with E-state index in [1.807, 2.05) is 34.6 Å². The smallest absolute Gasteiger partial charge is 0.267 e. The summed E-state index contributed by atoms with van der Waals surface area (Å²) in [5, 5.41) is 11.6. The van der Waals surface area contributed by atoms with Gasteiger partial charge in [0.15, 0.2) is 0 Å². The molecule has 168 valence electrons. The predicted molar refractivity (Wildman–Crippen MR) is 113 cm³/mol. The Morgan fingerprint density at radius 1 is 1.24 bits per heavy atom. The highest BCUT2D eigenvalue weighted by Gasteiger charge is 2.40. The molecule has 2 amide bonds. The first-order valence-corrected chi connectivity index (χ1v) is 11.7. The number of carbonyl (C=O) groups excluding carboxylic acids is 2. The number of amides is 2. The molecule has 0 spiro atoms. The van der Waals surface area contributed by atoms with Gasteiger partial charge in [0.2, 0.25) is 11.8 Å². The first kappa shape index (κ1) is 25.6. The summed E-state index contributed by atoms with van der Waals surface area (Å²) in [4.78, 5) is 27.2. The Kier molecular flexibility index (Phi) is 8.04. The van der Waals surface area contributed by atoms with Crippen molar-refractivity contribution in [2.45, 2.75) is 79.3 Å². The van der Waals surface area contributed by atoms with Gasteiger partial charge in [-0.05, 0) is 38.0 Å². The van der Waals surface area contributed by atoms with E-state index < -0.39 is 39.3 Å². The fourth-order valence-electron chi connectivity index (χ4n) is 3.93. The summed E-state index contributed by atoms with van der Waals surface area (Å²) in [5.74, 6) is -1.94. The fourth-order valence-corrected chi connectivity index (χ4v) is 4.91. The summed E-state index contributed by atoms with van der Waals surface area (Å²) < 4.78 is 31.7. The molecule has 0 saturated carbocycles. The normalized spacial score (nSPS) is 18.1. The van der Waals surface area contributed by atoms with Gasteiger partial charge in [-0.1, -0.05) is 34.6 Å². The van der Waals surface area contributed by atoms with Crippen molar-refractivity contribution in [1.82, 2.24) is 10.2 Å². The summed E-state index contributed by atoms with van der Waals surface area (Å²) in [6.07, 6.45) is 1.58. The van der Waals surface area contributed by atoms with E-state index in [-0.39, 0.29) is 23.0 Å². The van der Waals surface area contributed by atoms with E-state index in [4.69, 9.17) is 9.96 Å². The minimum Gasteiger partial charge on any atom is -0.350 e. The molecule has 9 heteroatoms. The van der Waals surface area contributed by atoms with Gasteiger partial charge in [0.1, 0.15) is 0 Å². The molecule has 29 heavy (non-hydrogen) atoms. The van der Waals surface area contributed by atoms with Crippen LogP contribution >= 0.6 is 0 Å². The Hall–Kier alpha value is -1.48. The highest BCUT2D eigenvalue weighted by Crippen LogP contribution is 2.30. The molecule has 0 aromatic carbocycles. The van der Waals surface area contributed by atoms with E-state index in [1.165, 1.54) is 13.8 Å². The summed E-state index contributed by atoms with van der Waals surface area (Å²) in [6.45, 7) is 13.4. The quantitative estimate of drug-likeness (QED) is 0.382. The largest absolute Gasteiger partial charge is 0.350 e. The Morgan fingerprint density at radius 3 is 2.17 bits per heavy atom. The molecule has 0 bridgehead atoms. The molecule has 3 N–H and O–H groups in total. The van der Waals surface area contributed by atoms with Crippen LogP contribution in [0.3, 0.4) is 0 Å². The molecule has 2 atom stereocenters. The number of nitrogens with one attached hydrogen (secondary N) is 2. The van der Waals surface area contributed by atoms with Gasteiger partial charge in [-0.25, -0.2) is 0 Å². The molecule has 0 aliphatic carbocycles. The van der Waals surface area contributed by atoms with Gasteiger partial charge >= 0.3 is 0 Å². The van der Waals surface area contributed by atoms with Crippen molar-refractivity contribution >= 4 is 27.6 Å². The van der Waals surface area contributed by atoms with E-state index in [0.717, 1.165) is 6.42 Å². The van der Waals surface area contributed by atoms with Gasteiger partial charge in [0.25, 0.3) is 10.1 Å². The van der Waals surface area contributed by atoms with E-state index in [1.54, 1.807) is 4.90 Å². The van der Waals surface area contributed by atoms with Crippen LogP contribution < -0.4 is 5.32 Å². The van der Waals surface area contributed by atoms with Crippen LogP contribution in [0.2, 0.25) is 0 Å². The predicted octanol–water partition coefficient (Wildman–Crippen LogP) is 2.49. The molecule has 1 aliphatic rings. The fraction of sp³-hybridized carbons (Fsp3) is 0.850. The summed E-state index contributed by atoms with van der Waals surface area (Å²) in [7, 11) is -4.28. The standard InChI is InChI=1S/C20H37N3O5S/c1-13(2)17(23-10-8-9-15(23)24)16(21)14(11-19(3,4)5)18(25)22-20(6,7)12-29(26,27)28/h13-14,17,21H,8-12H2,1-7H3,(H,22,25)(H,26,27,28). The summed E-state index contributed by atoms with van der Waals surface area (Å²) in [6, 6.07) is -0.479. The Morgan fingerprint density at radius 2 is 1.79 bits per heavy atom. The third kappa shape index (κ3) is 8.04. The van der Waals surface area contributed by atoms with Crippen molar-refractivity contribution in [2.24, 2.45) is 17.3 Å². The molecule has 2 unspecified atom stereocenters. The lowest BCUT2D eigenvalue weighted by Crippen LogP contribution is -2.55. The van der Waals surface area contributed by atoms with Crippen LogP contribution in [0.5, 0.6) is 0 Å². The molecule has 1 fully saturated rings. The van der Waals surface area contributed by atoms with E-state index >= 15 is 0 Å². The van der Waals surface area contributed by atoms with Crippen LogP contribution in [0.1, 0.15) is 67.7 Å². The molecule has 1 heterocycles. The van der Waals surface area contributed by atoms with Crippen LogP contribution in [0, 0.1) is 22.7 Å². The second-order valence-electron chi connectivity index (χ2n) is 10.3. The molecule has 1 aliphatic heterocycles. The average Bonchev–Trinajstić information content (AvgIpc) is 2.86. The molecular weight excluding hydrogens is 394 g/mol. The highest BCUT2D eigenvalue weighted by molar-refractivity contribution is 7.85. The van der Waals surface area contributed by atoms with Gasteiger partial charge in [-0.2, -0.15) is 8.42 Å². The minimum absolute atomic E-state index is 0.00456. The lowest BCUT2D eigenvalue weighted by molar-refractivity contribution is -0.130. The third-order valence-corrected chi connectivity index (χ3v) is 6.00. The number of carbonyl (C=O) groups is 2. The molecule has 1 saturated heterocycles. The van der Waals surface area contributed by atoms with E-state index in [0.29, 0.717) is 19.4 Å². The van der Waals surface area contributed by atoms with Gasteiger partial charge in [0, 0.05) is 18.7 Å². The van der Waals surface area contributed by atoms with Gasteiger partial charge < -0.3 is 15.6 Å². The summed E-state index contributed by atoms with van der Waals surface area (Å²) in [5.41, 5.74) is -1.29. The van der Waals surface area contributed by atoms with Gasteiger partial charge in [-0.15, -0.1) is 0 Å². The van der Waals surface area contributed by atoms with Crippen LogP contribution in [-0.4, -0.2) is 59.3 Å². The van der Waals surface area contributed by atoms with Gasteiger partial charge in [-0.3, -0.25) is 14.1 Å². The zero-order valence-electron chi connectivity index (χ0n) is 18.7. The van der Waals surface area contributed by atoms with Crippen molar-refractivity contribution in [3.05, 3.63) is 0 Å². The first-order chi connectivity index (χ1) is 12.9. The van der Waals surface area contributed by atoms with Crippen LogP contribution in [0.25, 0.3) is 0 Å². The van der Waals surface area contributed by atoms with E-state index in [9.17, 15) is 18.0 Å². The number of rotatable bonds is 9. The number of hydrogen-bond acceptors (Lipinski definition) is 5. The Bertz CT molecular complexity index is 738. The monoisotopic (exact) mass is 431 g/mol. The van der Waals surface area contributed by atoms with Gasteiger partial charge in [0.05, 0.1) is 23.3 Å². The minimum atomic E-state index is -4.28. The highest BCUT2D eigenvalue weighted by atomic mass is 32.2. The molecule has 0 aromatic heterocycles. The van der Waals surface area contributed by atoms with Crippen LogP contribution in [-0.2, 0) is 19.7 Å². The maximum absolute atomic E-state index is 13.2. The van der Waals surface area contributed by atoms with Crippen molar-refractivity contribution in [3.8, 4) is 0 Å². The number of likely N-dealkylation sites (tertiary alicyclic amines) is 1. The topological polar surface area (TPSA) is 128 Å². The number of hydrogen-bond donors (Lipinski definition) is 3. The zero-order valence-corrected chi connectivity index (χ0v) is 19.5. The maximum Gasteiger partial charge on any atom is 0.267 e. The molecule has 0 radical (unpaired) electrons.